The van der Waals surface area contributed by atoms with Gasteiger partial charge in [0.1, 0.15) is 6.33 Å². The van der Waals surface area contributed by atoms with E-state index in [4.69, 9.17) is 0 Å². The van der Waals surface area contributed by atoms with Gasteiger partial charge in [-0.2, -0.15) is 10.2 Å². The van der Waals surface area contributed by atoms with Crippen molar-refractivity contribution >= 4 is 27.0 Å². The largest absolute Gasteiger partial charge is 0.221 e. The van der Waals surface area contributed by atoms with Crippen LogP contribution in [-0.4, -0.2) is 29.5 Å². The van der Waals surface area contributed by atoms with Gasteiger partial charge in [-0.1, -0.05) is 18.2 Å². The number of para-hydroxylation sites is 1. The number of halogens is 1. The first-order valence-electron chi connectivity index (χ1n) is 6.27. The van der Waals surface area contributed by atoms with E-state index in [1.807, 2.05) is 36.5 Å². The number of hydrogen-bond donors (Lipinski definition) is 0. The van der Waals surface area contributed by atoms with E-state index in [1.54, 1.807) is 21.8 Å². The van der Waals surface area contributed by atoms with E-state index < -0.39 is 0 Å². The van der Waals surface area contributed by atoms with Crippen LogP contribution in [0.15, 0.2) is 59.7 Å². The van der Waals surface area contributed by atoms with Gasteiger partial charge in [-0.3, -0.25) is 0 Å². The maximum atomic E-state index is 4.42. The maximum absolute atomic E-state index is 4.42. The number of nitrogens with zero attached hydrogens (tertiary/aromatic N) is 6. The summed E-state index contributed by atoms with van der Waals surface area (Å²) in [5.41, 5.74) is 1.71. The van der Waals surface area contributed by atoms with Crippen molar-refractivity contribution in [1.82, 2.24) is 29.5 Å². The van der Waals surface area contributed by atoms with Crippen molar-refractivity contribution in [3.8, 4) is 11.5 Å². The average molecular weight is 341 g/mol. The molecule has 0 fully saturated rings. The Labute approximate surface area is 128 Å². The minimum absolute atomic E-state index is 0.702. The summed E-state index contributed by atoms with van der Waals surface area (Å²) in [5, 5.41) is 9.52. The van der Waals surface area contributed by atoms with Gasteiger partial charge in [0.15, 0.2) is 11.5 Å². The van der Waals surface area contributed by atoms with Crippen molar-refractivity contribution in [3.05, 3.63) is 59.7 Å². The third-order valence-electron chi connectivity index (χ3n) is 3.11. The fourth-order valence-corrected chi connectivity index (χ4v) is 2.47. The van der Waals surface area contributed by atoms with Gasteiger partial charge in [0.2, 0.25) is 0 Å². The Balaban J connectivity index is 1.95. The molecule has 4 aromatic rings. The molecule has 0 unspecified atom stereocenters. The molecule has 0 N–H and O–H groups in total. The quantitative estimate of drug-likeness (QED) is 0.563. The van der Waals surface area contributed by atoms with Crippen LogP contribution in [-0.2, 0) is 0 Å². The lowest BCUT2D eigenvalue weighted by Crippen LogP contribution is -2.01. The molecule has 3 aromatic heterocycles. The fraction of sp³-hybridized carbons (Fsp3) is 0. The van der Waals surface area contributed by atoms with Gasteiger partial charge >= 0.3 is 0 Å². The summed E-state index contributed by atoms with van der Waals surface area (Å²) in [6, 6.07) is 9.87. The summed E-state index contributed by atoms with van der Waals surface area (Å²) in [7, 11) is 0. The minimum atomic E-state index is 0.702. The zero-order chi connectivity index (χ0) is 14.2. The van der Waals surface area contributed by atoms with Crippen LogP contribution < -0.4 is 0 Å². The molecule has 0 aliphatic carbocycles. The van der Waals surface area contributed by atoms with Gasteiger partial charge in [0.25, 0.3) is 0 Å². The van der Waals surface area contributed by atoms with Crippen molar-refractivity contribution < 1.29 is 0 Å². The van der Waals surface area contributed by atoms with Crippen LogP contribution in [0.3, 0.4) is 0 Å². The van der Waals surface area contributed by atoms with E-state index in [9.17, 15) is 0 Å². The highest BCUT2D eigenvalue weighted by Gasteiger charge is 2.12. The highest BCUT2D eigenvalue weighted by Crippen LogP contribution is 2.21. The third kappa shape index (κ3) is 2.02. The standard InChI is InChI=1S/C14H9BrN6/c15-10-6-18-20(8-10)13-12-7-19-21(14(12)17-9-16-13)11-4-2-1-3-5-11/h1-9H. The van der Waals surface area contributed by atoms with E-state index >= 15 is 0 Å². The molecule has 4 rings (SSSR count). The molecule has 0 saturated heterocycles. The molecule has 0 bridgehead atoms. The zero-order valence-electron chi connectivity index (χ0n) is 10.8. The second-order valence-corrected chi connectivity index (χ2v) is 5.35. The number of hydrogen-bond acceptors (Lipinski definition) is 4. The van der Waals surface area contributed by atoms with E-state index in [0.29, 0.717) is 5.82 Å². The number of rotatable bonds is 2. The SMILES string of the molecule is Brc1cnn(-c2ncnc3c2cnn3-c2ccccc2)c1. The van der Waals surface area contributed by atoms with E-state index in [1.165, 1.54) is 6.33 Å². The Bertz CT molecular complexity index is 912. The highest BCUT2D eigenvalue weighted by molar-refractivity contribution is 9.10. The first kappa shape index (κ1) is 12.2. The van der Waals surface area contributed by atoms with E-state index in [0.717, 1.165) is 21.2 Å². The summed E-state index contributed by atoms with van der Waals surface area (Å²) < 4.78 is 4.38. The molecule has 0 aliphatic heterocycles. The van der Waals surface area contributed by atoms with Crippen LogP contribution in [0, 0.1) is 0 Å². The van der Waals surface area contributed by atoms with Gasteiger partial charge in [0, 0.05) is 6.20 Å². The Morgan fingerprint density at radius 3 is 2.57 bits per heavy atom. The molecule has 0 atom stereocenters. The average Bonchev–Trinajstić information content (AvgIpc) is 3.14. The second-order valence-electron chi connectivity index (χ2n) is 4.43. The molecule has 0 spiro atoms. The van der Waals surface area contributed by atoms with Gasteiger partial charge in [-0.25, -0.2) is 19.3 Å². The van der Waals surface area contributed by atoms with Gasteiger partial charge in [-0.05, 0) is 28.1 Å². The predicted octanol–water partition coefficient (Wildman–Crippen LogP) is 2.76. The van der Waals surface area contributed by atoms with Gasteiger partial charge < -0.3 is 0 Å². The summed E-state index contributed by atoms with van der Waals surface area (Å²) in [6.45, 7) is 0. The third-order valence-corrected chi connectivity index (χ3v) is 3.52. The molecule has 21 heavy (non-hydrogen) atoms. The molecule has 3 heterocycles. The van der Waals surface area contributed by atoms with Gasteiger partial charge in [0.05, 0.1) is 27.9 Å². The van der Waals surface area contributed by atoms with Crippen molar-refractivity contribution in [3.63, 3.8) is 0 Å². The fourth-order valence-electron chi connectivity index (χ4n) is 2.19. The molecule has 7 heteroatoms. The molecule has 102 valence electrons. The normalized spacial score (nSPS) is 11.1. The monoisotopic (exact) mass is 340 g/mol. The Morgan fingerprint density at radius 2 is 1.81 bits per heavy atom. The lowest BCUT2D eigenvalue weighted by molar-refractivity contribution is 0.848. The van der Waals surface area contributed by atoms with Crippen LogP contribution >= 0.6 is 15.9 Å². The Kier molecular flexibility index (Phi) is 2.78. The van der Waals surface area contributed by atoms with Crippen LogP contribution in [0.5, 0.6) is 0 Å². The molecule has 0 amide bonds. The first-order valence-corrected chi connectivity index (χ1v) is 7.07. The van der Waals surface area contributed by atoms with Crippen molar-refractivity contribution in [2.24, 2.45) is 0 Å². The first-order chi connectivity index (χ1) is 10.3. The van der Waals surface area contributed by atoms with Crippen molar-refractivity contribution in [2.45, 2.75) is 0 Å². The number of aromatic nitrogens is 6. The molecule has 0 radical (unpaired) electrons. The summed E-state index contributed by atoms with van der Waals surface area (Å²) in [4.78, 5) is 8.66. The Hall–Kier alpha value is -2.54. The van der Waals surface area contributed by atoms with Gasteiger partial charge in [-0.15, -0.1) is 0 Å². The molecular weight excluding hydrogens is 332 g/mol. The minimum Gasteiger partial charge on any atom is -0.221 e. The molecular formula is C14H9BrN6. The Morgan fingerprint density at radius 1 is 0.952 bits per heavy atom. The highest BCUT2D eigenvalue weighted by atomic mass is 79.9. The van der Waals surface area contributed by atoms with E-state index in [2.05, 4.69) is 36.1 Å². The van der Waals surface area contributed by atoms with Crippen molar-refractivity contribution in [2.75, 3.05) is 0 Å². The van der Waals surface area contributed by atoms with Crippen LogP contribution in [0.4, 0.5) is 0 Å². The molecule has 0 aliphatic rings. The number of benzene rings is 1. The summed E-state index contributed by atoms with van der Waals surface area (Å²) >= 11 is 3.39. The van der Waals surface area contributed by atoms with Crippen molar-refractivity contribution in [1.29, 1.82) is 0 Å². The van der Waals surface area contributed by atoms with Crippen LogP contribution in [0.25, 0.3) is 22.5 Å². The zero-order valence-corrected chi connectivity index (χ0v) is 12.3. The predicted molar refractivity (Wildman–Crippen MR) is 81.5 cm³/mol. The summed E-state index contributed by atoms with van der Waals surface area (Å²) in [5.74, 6) is 0.702. The molecule has 0 saturated carbocycles. The van der Waals surface area contributed by atoms with E-state index in [-0.39, 0.29) is 0 Å². The molecule has 6 nitrogen and oxygen atoms in total. The van der Waals surface area contributed by atoms with Crippen LogP contribution in [0.2, 0.25) is 0 Å². The smallest absolute Gasteiger partial charge is 0.168 e. The number of fused-ring (bicyclic) bond motifs is 1. The topological polar surface area (TPSA) is 61.4 Å². The lowest BCUT2D eigenvalue weighted by atomic mass is 10.3. The maximum Gasteiger partial charge on any atom is 0.168 e. The second kappa shape index (κ2) is 4.78. The molecule has 1 aromatic carbocycles. The summed E-state index contributed by atoms with van der Waals surface area (Å²) in [6.07, 6.45) is 6.85. The van der Waals surface area contributed by atoms with Crippen LogP contribution in [0.1, 0.15) is 0 Å². The lowest BCUT2D eigenvalue weighted by Gasteiger charge is -2.03.